The van der Waals surface area contributed by atoms with Gasteiger partial charge in [0.2, 0.25) is 10.0 Å². The van der Waals surface area contributed by atoms with Crippen LogP contribution in [0.4, 0.5) is 0 Å². The van der Waals surface area contributed by atoms with E-state index in [9.17, 15) is 8.42 Å². The fraction of sp³-hybridized carbons (Fsp3) is 0.435. The number of hydrogen-bond acceptors (Lipinski definition) is 4. The lowest BCUT2D eigenvalue weighted by Gasteiger charge is -2.36. The highest BCUT2D eigenvalue weighted by Gasteiger charge is 2.25. The summed E-state index contributed by atoms with van der Waals surface area (Å²) < 4.78 is 28.9. The van der Waals surface area contributed by atoms with Gasteiger partial charge in [-0.25, -0.2) is 13.6 Å². The van der Waals surface area contributed by atoms with Crippen LogP contribution in [0.2, 0.25) is 0 Å². The van der Waals surface area contributed by atoms with Crippen LogP contribution in [-0.4, -0.2) is 52.1 Å². The molecule has 0 aromatic heterocycles. The third-order valence-corrected chi connectivity index (χ3v) is 6.32. The molecule has 3 N–H and O–H groups in total. The molecule has 1 atom stereocenters. The van der Waals surface area contributed by atoms with Crippen molar-refractivity contribution in [2.45, 2.75) is 38.2 Å². The van der Waals surface area contributed by atoms with Gasteiger partial charge in [-0.2, -0.15) is 0 Å². The topological polar surface area (TPSA) is 97.0 Å². The van der Waals surface area contributed by atoms with Gasteiger partial charge in [0.05, 0.1) is 18.0 Å². The van der Waals surface area contributed by atoms with Crippen LogP contribution >= 0.6 is 24.0 Å². The van der Waals surface area contributed by atoms with E-state index < -0.39 is 10.0 Å². The molecular formula is C23H33IN4O3S. The summed E-state index contributed by atoms with van der Waals surface area (Å²) in [5.41, 5.74) is 4.74. The Labute approximate surface area is 208 Å². The number of ether oxygens (including phenoxy) is 1. The number of nitrogens with zero attached hydrogens (tertiary/aromatic N) is 2. The van der Waals surface area contributed by atoms with Crippen LogP contribution in [0.1, 0.15) is 35.3 Å². The van der Waals surface area contributed by atoms with Crippen LogP contribution in [0.5, 0.6) is 0 Å². The fourth-order valence-electron chi connectivity index (χ4n) is 3.78. The summed E-state index contributed by atoms with van der Waals surface area (Å²) in [5, 5.41) is 8.55. The van der Waals surface area contributed by atoms with Crippen molar-refractivity contribution in [1.82, 2.24) is 10.2 Å². The number of primary sulfonamides is 1. The van der Waals surface area contributed by atoms with Gasteiger partial charge < -0.3 is 15.0 Å². The summed E-state index contributed by atoms with van der Waals surface area (Å²) in [4.78, 5) is 7.18. The highest BCUT2D eigenvalue weighted by molar-refractivity contribution is 14.0. The molecule has 176 valence electrons. The van der Waals surface area contributed by atoms with Crippen molar-refractivity contribution >= 4 is 40.0 Å². The molecular weight excluding hydrogens is 539 g/mol. The number of hydrogen-bond donors (Lipinski definition) is 2. The number of nitrogens with one attached hydrogen (secondary N) is 1. The first-order chi connectivity index (χ1) is 14.8. The molecule has 1 aliphatic rings. The maximum absolute atomic E-state index is 11.4. The summed E-state index contributed by atoms with van der Waals surface area (Å²) in [6.07, 6.45) is 0.730. The van der Waals surface area contributed by atoms with Crippen LogP contribution in [0.15, 0.2) is 52.4 Å². The number of sulfonamides is 1. The van der Waals surface area contributed by atoms with Crippen LogP contribution in [0.3, 0.4) is 0 Å². The first kappa shape index (κ1) is 26.6. The molecule has 0 radical (unpaired) electrons. The molecule has 1 heterocycles. The highest BCUT2D eigenvalue weighted by atomic mass is 127. The number of benzene rings is 2. The number of guanidine groups is 1. The van der Waals surface area contributed by atoms with E-state index in [2.05, 4.69) is 49.2 Å². The molecule has 32 heavy (non-hydrogen) atoms. The molecule has 0 aliphatic carbocycles. The normalized spacial score (nSPS) is 17.1. The van der Waals surface area contributed by atoms with Crippen molar-refractivity contribution in [3.05, 3.63) is 64.7 Å². The zero-order valence-corrected chi connectivity index (χ0v) is 22.0. The van der Waals surface area contributed by atoms with Crippen molar-refractivity contribution in [3.8, 4) is 0 Å². The second-order valence-corrected chi connectivity index (χ2v) is 9.40. The minimum absolute atomic E-state index is 0. The van der Waals surface area contributed by atoms with Crippen molar-refractivity contribution in [1.29, 1.82) is 0 Å². The van der Waals surface area contributed by atoms with Gasteiger partial charge in [0.25, 0.3) is 0 Å². The Balaban J connectivity index is 0.00000363. The lowest BCUT2D eigenvalue weighted by atomic mass is 10.00. The fourth-order valence-corrected chi connectivity index (χ4v) is 4.29. The van der Waals surface area contributed by atoms with Crippen LogP contribution in [0.25, 0.3) is 0 Å². The lowest BCUT2D eigenvalue weighted by molar-refractivity contribution is -0.00833. The number of nitrogens with two attached hydrogens (primary N) is 1. The molecule has 1 fully saturated rings. The van der Waals surface area contributed by atoms with Gasteiger partial charge >= 0.3 is 0 Å². The van der Waals surface area contributed by atoms with E-state index in [0.29, 0.717) is 19.6 Å². The zero-order valence-electron chi connectivity index (χ0n) is 18.9. The van der Waals surface area contributed by atoms with E-state index in [-0.39, 0.29) is 35.0 Å². The van der Waals surface area contributed by atoms with Crippen LogP contribution in [0, 0.1) is 13.8 Å². The summed E-state index contributed by atoms with van der Waals surface area (Å²) in [5.74, 6) is 0.877. The first-order valence-electron chi connectivity index (χ1n) is 10.6. The largest absolute Gasteiger partial charge is 0.370 e. The van der Waals surface area contributed by atoms with Gasteiger partial charge in [-0.3, -0.25) is 4.99 Å². The minimum Gasteiger partial charge on any atom is -0.370 e. The Kier molecular flexibility index (Phi) is 9.93. The molecule has 9 heteroatoms. The van der Waals surface area contributed by atoms with Gasteiger partial charge in [0.1, 0.15) is 6.10 Å². The van der Waals surface area contributed by atoms with Gasteiger partial charge in [0.15, 0.2) is 5.96 Å². The van der Waals surface area contributed by atoms with Gasteiger partial charge in [-0.15, -0.1) is 24.0 Å². The minimum atomic E-state index is -3.67. The van der Waals surface area contributed by atoms with E-state index in [1.807, 2.05) is 0 Å². The monoisotopic (exact) mass is 572 g/mol. The number of aryl methyl sites for hydroxylation is 2. The summed E-state index contributed by atoms with van der Waals surface area (Å²) >= 11 is 0. The van der Waals surface area contributed by atoms with Crippen molar-refractivity contribution in [2.75, 3.05) is 32.8 Å². The Morgan fingerprint density at radius 3 is 2.56 bits per heavy atom. The second-order valence-electron chi connectivity index (χ2n) is 7.84. The lowest BCUT2D eigenvalue weighted by Crippen LogP contribution is -2.48. The van der Waals surface area contributed by atoms with Gasteiger partial charge in [-0.05, 0) is 56.0 Å². The van der Waals surface area contributed by atoms with Crippen molar-refractivity contribution in [3.63, 3.8) is 0 Å². The molecule has 1 saturated heterocycles. The van der Waals surface area contributed by atoms with Crippen LogP contribution < -0.4 is 10.5 Å². The van der Waals surface area contributed by atoms with Crippen molar-refractivity contribution < 1.29 is 13.2 Å². The van der Waals surface area contributed by atoms with Gasteiger partial charge in [-0.1, -0.05) is 35.9 Å². The standard InChI is InChI=1S/C23H32N4O3S.HI/c1-4-25-23(26-12-11-19-6-8-20(9-7-19)31(24,28)29)27-13-14-30-22(16-27)21-10-5-17(2)15-18(21)3;/h5-10,15,22H,4,11-14,16H2,1-3H3,(H,25,26)(H2,24,28,29);1H. The number of morpholine rings is 1. The van der Waals surface area contributed by atoms with Crippen molar-refractivity contribution in [2.24, 2.45) is 10.1 Å². The average molecular weight is 573 g/mol. The Bertz CT molecular complexity index is 1030. The SMILES string of the molecule is CCNC(=NCCc1ccc(S(N)(=O)=O)cc1)N1CCOC(c2ccc(C)cc2C)C1.I. The Morgan fingerprint density at radius 1 is 1.22 bits per heavy atom. The second kappa shape index (κ2) is 12.0. The summed E-state index contributed by atoms with van der Waals surface area (Å²) in [6.45, 7) is 9.86. The summed E-state index contributed by atoms with van der Waals surface area (Å²) in [7, 11) is -3.67. The van der Waals surface area contributed by atoms with Crippen LogP contribution in [-0.2, 0) is 21.2 Å². The van der Waals surface area contributed by atoms with E-state index in [4.69, 9.17) is 14.9 Å². The summed E-state index contributed by atoms with van der Waals surface area (Å²) in [6, 6.07) is 13.1. The molecule has 3 rings (SSSR count). The Hall–Kier alpha value is -1.69. The average Bonchev–Trinajstić information content (AvgIpc) is 2.73. The van der Waals surface area contributed by atoms with E-state index in [1.54, 1.807) is 12.1 Å². The molecule has 2 aromatic rings. The number of aliphatic imine (C=N–C) groups is 1. The number of rotatable bonds is 6. The zero-order chi connectivity index (χ0) is 22.4. The maximum atomic E-state index is 11.4. The highest BCUT2D eigenvalue weighted by Crippen LogP contribution is 2.26. The molecule has 2 aromatic carbocycles. The Morgan fingerprint density at radius 2 is 1.94 bits per heavy atom. The van der Waals surface area contributed by atoms with E-state index >= 15 is 0 Å². The molecule has 0 bridgehead atoms. The predicted molar refractivity (Wildman–Crippen MR) is 139 cm³/mol. The van der Waals surface area contributed by atoms with Gasteiger partial charge in [0, 0.05) is 19.6 Å². The smallest absolute Gasteiger partial charge is 0.238 e. The number of halogens is 1. The first-order valence-corrected chi connectivity index (χ1v) is 12.2. The third-order valence-electron chi connectivity index (χ3n) is 5.39. The molecule has 7 nitrogen and oxygen atoms in total. The molecule has 0 amide bonds. The molecule has 1 unspecified atom stereocenters. The van der Waals surface area contributed by atoms with E-state index in [0.717, 1.165) is 31.2 Å². The predicted octanol–water partition coefficient (Wildman–Crippen LogP) is 3.15. The molecule has 1 aliphatic heterocycles. The third kappa shape index (κ3) is 7.16. The molecule has 0 spiro atoms. The molecule has 0 saturated carbocycles. The quantitative estimate of drug-likeness (QED) is 0.315. The maximum Gasteiger partial charge on any atom is 0.238 e. The van der Waals surface area contributed by atoms with E-state index in [1.165, 1.54) is 28.8 Å².